The minimum atomic E-state index is -4.51. The number of halogens is 3. The zero-order chi connectivity index (χ0) is 15.0. The van der Waals surface area contributed by atoms with Crippen LogP contribution in [0.1, 0.15) is 11.3 Å². The lowest BCUT2D eigenvalue weighted by molar-refractivity contribution is -0.141. The van der Waals surface area contributed by atoms with Crippen molar-refractivity contribution in [3.63, 3.8) is 0 Å². The summed E-state index contributed by atoms with van der Waals surface area (Å²) in [5.74, 6) is -0.0396. The van der Waals surface area contributed by atoms with E-state index in [0.717, 1.165) is 6.07 Å². The molecule has 3 rings (SSSR count). The molecule has 0 unspecified atom stereocenters. The van der Waals surface area contributed by atoms with Gasteiger partial charge in [-0.25, -0.2) is 9.97 Å². The van der Waals surface area contributed by atoms with Crippen LogP contribution in [0.25, 0.3) is 17.0 Å². The molecule has 0 radical (unpaired) electrons. The Hall–Kier alpha value is -2.88. The second-order valence-electron chi connectivity index (χ2n) is 4.32. The van der Waals surface area contributed by atoms with E-state index in [1.165, 1.54) is 16.8 Å². The Labute approximate surface area is 117 Å². The number of nitrogens with zero attached hydrogens (tertiary/aromatic N) is 4. The van der Waals surface area contributed by atoms with E-state index in [1.54, 1.807) is 24.3 Å². The second kappa shape index (κ2) is 4.59. The molecule has 21 heavy (non-hydrogen) atoms. The van der Waals surface area contributed by atoms with Crippen molar-refractivity contribution in [2.75, 3.05) is 0 Å². The summed E-state index contributed by atoms with van der Waals surface area (Å²) in [5, 5.41) is 8.89. The highest BCUT2D eigenvalue weighted by Crippen LogP contribution is 2.28. The van der Waals surface area contributed by atoms with Crippen molar-refractivity contribution in [2.24, 2.45) is 0 Å². The molecule has 2 heterocycles. The monoisotopic (exact) mass is 288 g/mol. The minimum Gasteiger partial charge on any atom is -0.284 e. The number of aromatic nitrogens is 3. The van der Waals surface area contributed by atoms with Gasteiger partial charge in [0.05, 0.1) is 23.5 Å². The molecule has 1 aromatic carbocycles. The Morgan fingerprint density at radius 2 is 2.00 bits per heavy atom. The highest BCUT2D eigenvalue weighted by Gasteiger charge is 2.32. The van der Waals surface area contributed by atoms with E-state index in [-0.39, 0.29) is 5.78 Å². The second-order valence-corrected chi connectivity index (χ2v) is 4.32. The molecule has 0 saturated carbocycles. The van der Waals surface area contributed by atoms with Crippen LogP contribution in [-0.2, 0) is 6.18 Å². The molecule has 0 N–H and O–H groups in total. The Bertz CT molecular complexity index is 859. The number of benzene rings is 1. The molecule has 0 atom stereocenters. The maximum absolute atomic E-state index is 12.6. The fourth-order valence-corrected chi connectivity index (χ4v) is 1.99. The van der Waals surface area contributed by atoms with Crippen LogP contribution >= 0.6 is 0 Å². The molecule has 4 nitrogen and oxygen atoms in total. The molecule has 0 fully saturated rings. The number of hydrogen-bond acceptors (Lipinski definition) is 3. The molecule has 104 valence electrons. The van der Waals surface area contributed by atoms with Gasteiger partial charge in [0.1, 0.15) is 5.69 Å². The van der Waals surface area contributed by atoms with Crippen molar-refractivity contribution in [2.45, 2.75) is 6.18 Å². The van der Waals surface area contributed by atoms with E-state index in [4.69, 9.17) is 5.26 Å². The van der Waals surface area contributed by atoms with Crippen LogP contribution in [0, 0.1) is 11.3 Å². The summed E-state index contributed by atoms with van der Waals surface area (Å²) in [6.45, 7) is 0. The maximum atomic E-state index is 12.6. The zero-order valence-electron chi connectivity index (χ0n) is 10.5. The molecule has 0 aliphatic rings. The maximum Gasteiger partial charge on any atom is 0.433 e. The third-order valence-corrected chi connectivity index (χ3v) is 2.96. The van der Waals surface area contributed by atoms with Gasteiger partial charge in [0.15, 0.2) is 0 Å². The zero-order valence-corrected chi connectivity index (χ0v) is 10.5. The van der Waals surface area contributed by atoms with Gasteiger partial charge >= 0.3 is 6.18 Å². The van der Waals surface area contributed by atoms with Crippen molar-refractivity contribution in [3.8, 4) is 17.3 Å². The van der Waals surface area contributed by atoms with Gasteiger partial charge in [0, 0.05) is 11.8 Å². The SMILES string of the molecule is N#Cc1cccc(-c2cnc3nc(C(F)(F)F)ccn23)c1. The first-order valence-corrected chi connectivity index (χ1v) is 5.91. The van der Waals surface area contributed by atoms with E-state index in [1.807, 2.05) is 6.07 Å². The Kier molecular flexibility index (Phi) is 2.87. The molecular formula is C14H7F3N4. The van der Waals surface area contributed by atoms with Crippen LogP contribution in [-0.4, -0.2) is 14.4 Å². The Morgan fingerprint density at radius 3 is 2.71 bits per heavy atom. The lowest BCUT2D eigenvalue weighted by Gasteiger charge is -2.06. The highest BCUT2D eigenvalue weighted by molar-refractivity contribution is 5.64. The van der Waals surface area contributed by atoms with Gasteiger partial charge in [0.25, 0.3) is 0 Å². The topological polar surface area (TPSA) is 54.0 Å². The van der Waals surface area contributed by atoms with E-state index < -0.39 is 11.9 Å². The normalized spacial score (nSPS) is 11.5. The molecule has 0 aliphatic carbocycles. The summed E-state index contributed by atoms with van der Waals surface area (Å²) in [5.41, 5.74) is 0.728. The van der Waals surface area contributed by atoms with Gasteiger partial charge in [-0.2, -0.15) is 18.4 Å². The van der Waals surface area contributed by atoms with Crippen LogP contribution in [0.15, 0.2) is 42.7 Å². The minimum absolute atomic E-state index is 0.0396. The van der Waals surface area contributed by atoms with E-state index in [0.29, 0.717) is 16.8 Å². The first kappa shape index (κ1) is 13.1. The molecule has 2 aromatic heterocycles. The van der Waals surface area contributed by atoms with Gasteiger partial charge in [-0.1, -0.05) is 12.1 Å². The Morgan fingerprint density at radius 1 is 1.19 bits per heavy atom. The van der Waals surface area contributed by atoms with Crippen LogP contribution in [0.3, 0.4) is 0 Å². The molecule has 3 aromatic rings. The summed E-state index contributed by atoms with van der Waals surface area (Å²) in [4.78, 5) is 7.39. The van der Waals surface area contributed by atoms with Gasteiger partial charge in [-0.05, 0) is 18.2 Å². The molecule has 0 amide bonds. The van der Waals surface area contributed by atoms with Crippen molar-refractivity contribution in [1.82, 2.24) is 14.4 Å². The Balaban J connectivity index is 2.15. The van der Waals surface area contributed by atoms with E-state index >= 15 is 0 Å². The number of nitriles is 1. The summed E-state index contributed by atoms with van der Waals surface area (Å²) < 4.78 is 39.3. The predicted molar refractivity (Wildman–Crippen MR) is 68.1 cm³/mol. The highest BCUT2D eigenvalue weighted by atomic mass is 19.4. The number of alkyl halides is 3. The van der Waals surface area contributed by atoms with Crippen LogP contribution < -0.4 is 0 Å². The molecule has 0 bridgehead atoms. The predicted octanol–water partition coefficient (Wildman–Crippen LogP) is 3.29. The molecular weight excluding hydrogens is 281 g/mol. The van der Waals surface area contributed by atoms with Crippen LogP contribution in [0.4, 0.5) is 13.2 Å². The first-order valence-electron chi connectivity index (χ1n) is 5.91. The summed E-state index contributed by atoms with van der Waals surface area (Å²) in [6.07, 6.45) is -1.81. The number of imidazole rings is 1. The first-order chi connectivity index (χ1) is 9.99. The lowest BCUT2D eigenvalue weighted by Crippen LogP contribution is -2.09. The standard InChI is InChI=1S/C14H7F3N4/c15-14(16,17)12-4-5-21-11(8-19-13(21)20-12)10-3-1-2-9(6-10)7-18/h1-6,8H. The number of rotatable bonds is 1. The van der Waals surface area contributed by atoms with Crippen molar-refractivity contribution in [1.29, 1.82) is 5.26 Å². The van der Waals surface area contributed by atoms with Crippen LogP contribution in [0.2, 0.25) is 0 Å². The molecule has 0 spiro atoms. The number of fused-ring (bicyclic) bond motifs is 1. The third-order valence-electron chi connectivity index (χ3n) is 2.96. The largest absolute Gasteiger partial charge is 0.433 e. The van der Waals surface area contributed by atoms with Crippen molar-refractivity contribution in [3.05, 3.63) is 54.0 Å². The van der Waals surface area contributed by atoms with Gasteiger partial charge in [-0.3, -0.25) is 4.40 Å². The average Bonchev–Trinajstić information content (AvgIpc) is 2.89. The van der Waals surface area contributed by atoms with Gasteiger partial charge < -0.3 is 0 Å². The number of hydrogen-bond donors (Lipinski definition) is 0. The quantitative estimate of drug-likeness (QED) is 0.690. The van der Waals surface area contributed by atoms with Gasteiger partial charge in [0.2, 0.25) is 5.78 Å². The van der Waals surface area contributed by atoms with Gasteiger partial charge in [-0.15, -0.1) is 0 Å². The fraction of sp³-hybridized carbons (Fsp3) is 0.0714. The molecule has 7 heteroatoms. The van der Waals surface area contributed by atoms with E-state index in [9.17, 15) is 13.2 Å². The fourth-order valence-electron chi connectivity index (χ4n) is 1.99. The smallest absolute Gasteiger partial charge is 0.284 e. The summed E-state index contributed by atoms with van der Waals surface area (Å²) >= 11 is 0. The lowest BCUT2D eigenvalue weighted by atomic mass is 10.1. The van der Waals surface area contributed by atoms with E-state index in [2.05, 4.69) is 9.97 Å². The summed E-state index contributed by atoms with van der Waals surface area (Å²) in [6, 6.07) is 9.64. The van der Waals surface area contributed by atoms with Crippen molar-refractivity contribution < 1.29 is 13.2 Å². The molecule has 0 saturated heterocycles. The molecule has 0 aliphatic heterocycles. The summed E-state index contributed by atoms with van der Waals surface area (Å²) in [7, 11) is 0. The third kappa shape index (κ3) is 2.31. The average molecular weight is 288 g/mol. The van der Waals surface area contributed by atoms with Crippen LogP contribution in [0.5, 0.6) is 0 Å². The van der Waals surface area contributed by atoms with Crippen molar-refractivity contribution >= 4 is 5.78 Å².